The summed E-state index contributed by atoms with van der Waals surface area (Å²) in [6.07, 6.45) is 13.0. The molecule has 0 bridgehead atoms. The molecule has 3 atom stereocenters. The number of rotatable bonds is 8. The Labute approximate surface area is 186 Å². The summed E-state index contributed by atoms with van der Waals surface area (Å²) in [5.41, 5.74) is 8.91. The Bertz CT molecular complexity index is 762. The van der Waals surface area contributed by atoms with E-state index < -0.39 is 0 Å². The molecule has 0 saturated carbocycles. The number of nitrogens with zero attached hydrogens (tertiary/aromatic N) is 2. The van der Waals surface area contributed by atoms with Crippen molar-refractivity contribution in [1.82, 2.24) is 10.2 Å². The van der Waals surface area contributed by atoms with Crippen LogP contribution in [0.25, 0.3) is 0 Å². The van der Waals surface area contributed by atoms with Gasteiger partial charge in [0, 0.05) is 36.6 Å². The van der Waals surface area contributed by atoms with Gasteiger partial charge in [-0.25, -0.2) is 0 Å². The molecule has 0 spiro atoms. The van der Waals surface area contributed by atoms with E-state index in [1.54, 1.807) is 11.8 Å². The van der Waals surface area contributed by atoms with Crippen LogP contribution in [0.1, 0.15) is 51.0 Å². The van der Waals surface area contributed by atoms with Crippen molar-refractivity contribution in [3.05, 3.63) is 35.9 Å². The van der Waals surface area contributed by atoms with Crippen molar-refractivity contribution >= 4 is 23.3 Å². The van der Waals surface area contributed by atoms with E-state index in [-0.39, 0.29) is 11.5 Å². The third kappa shape index (κ3) is 5.59. The lowest BCUT2D eigenvalue weighted by molar-refractivity contribution is 0.306. The van der Waals surface area contributed by atoms with Crippen molar-refractivity contribution in [2.45, 2.75) is 68.3 Å². The van der Waals surface area contributed by atoms with Gasteiger partial charge in [-0.2, -0.15) is 0 Å². The van der Waals surface area contributed by atoms with E-state index in [9.17, 15) is 0 Å². The van der Waals surface area contributed by atoms with Gasteiger partial charge in [0.1, 0.15) is 12.0 Å². The van der Waals surface area contributed by atoms with Crippen LogP contribution in [0.5, 0.6) is 0 Å². The first-order valence-electron chi connectivity index (χ1n) is 11.7. The summed E-state index contributed by atoms with van der Waals surface area (Å²) in [7, 11) is 0. The zero-order valence-electron chi connectivity index (χ0n) is 18.3. The average Bonchev–Trinajstić information content (AvgIpc) is 2.76. The summed E-state index contributed by atoms with van der Waals surface area (Å²) >= 11 is 1.76. The van der Waals surface area contributed by atoms with Crippen LogP contribution in [0.15, 0.2) is 40.2 Å². The minimum atomic E-state index is 0.0305. The van der Waals surface area contributed by atoms with Gasteiger partial charge in [0.2, 0.25) is 0 Å². The van der Waals surface area contributed by atoms with Crippen LogP contribution in [0.2, 0.25) is 0 Å². The Hall–Kier alpha value is -1.50. The number of nitrogens with one attached hydrogen (secondary N) is 2. The Balaban J connectivity index is 1.41. The number of fused-ring (bicyclic) bond motifs is 1. The van der Waals surface area contributed by atoms with E-state index in [0.717, 1.165) is 38.5 Å². The highest BCUT2D eigenvalue weighted by molar-refractivity contribution is 8.00. The lowest BCUT2D eigenvalue weighted by Crippen LogP contribution is -2.50. The minimum absolute atomic E-state index is 0.0305. The monoisotopic (exact) mass is 427 g/mol. The zero-order chi connectivity index (χ0) is 20.8. The van der Waals surface area contributed by atoms with Crippen LogP contribution >= 0.6 is 11.8 Å². The molecule has 3 unspecified atom stereocenters. The molecule has 2 aliphatic heterocycles. The smallest absolute Gasteiger partial charge is 0.103 e. The van der Waals surface area contributed by atoms with Crippen LogP contribution in [0, 0.1) is 5.92 Å². The molecule has 0 aromatic heterocycles. The topological polar surface area (TPSA) is 65.7 Å². The number of nitrogens with two attached hydrogens (primary N) is 1. The van der Waals surface area contributed by atoms with E-state index in [1.165, 1.54) is 60.5 Å². The average molecular weight is 428 g/mol. The molecular formula is C24H37N5S. The molecule has 30 heavy (non-hydrogen) atoms. The van der Waals surface area contributed by atoms with Crippen LogP contribution in [0.4, 0.5) is 5.69 Å². The molecule has 4 rings (SSSR count). The van der Waals surface area contributed by atoms with E-state index in [4.69, 9.17) is 10.7 Å². The van der Waals surface area contributed by atoms with Crippen LogP contribution in [0.3, 0.4) is 0 Å². The highest BCUT2D eigenvalue weighted by Gasteiger charge is 2.26. The maximum absolute atomic E-state index is 6.38. The number of allylic oxidation sites excluding steroid dienone is 2. The van der Waals surface area contributed by atoms with Crippen LogP contribution in [-0.4, -0.2) is 48.5 Å². The minimum Gasteiger partial charge on any atom is -0.367 e. The summed E-state index contributed by atoms with van der Waals surface area (Å²) in [6, 6.07) is 6.79. The molecule has 5 nitrogen and oxygen atoms in total. The molecule has 1 aromatic rings. The van der Waals surface area contributed by atoms with Gasteiger partial charge in [0.25, 0.3) is 0 Å². The van der Waals surface area contributed by atoms with Gasteiger partial charge in [-0.05, 0) is 62.3 Å². The van der Waals surface area contributed by atoms with Crippen LogP contribution < -0.4 is 16.4 Å². The number of hydrogen-bond donors (Lipinski definition) is 3. The van der Waals surface area contributed by atoms with Crippen molar-refractivity contribution in [2.24, 2.45) is 16.6 Å². The van der Waals surface area contributed by atoms with E-state index in [1.807, 2.05) is 0 Å². The lowest BCUT2D eigenvalue weighted by Gasteiger charge is -2.34. The maximum Gasteiger partial charge on any atom is 0.103 e. The number of aliphatic imine (C=N–C) groups is 1. The highest BCUT2D eigenvalue weighted by atomic mass is 32.2. The zero-order valence-corrected chi connectivity index (χ0v) is 19.1. The van der Waals surface area contributed by atoms with Crippen molar-refractivity contribution in [3.63, 3.8) is 0 Å². The molecule has 4 N–H and O–H groups in total. The number of amidine groups is 1. The third-order valence-corrected chi connectivity index (χ3v) is 7.46. The van der Waals surface area contributed by atoms with Gasteiger partial charge in [-0.3, -0.25) is 10.3 Å². The fourth-order valence-electron chi connectivity index (χ4n) is 4.55. The van der Waals surface area contributed by atoms with Gasteiger partial charge < -0.3 is 16.0 Å². The fourth-order valence-corrected chi connectivity index (χ4v) is 5.53. The second-order valence-electron chi connectivity index (χ2n) is 8.77. The van der Waals surface area contributed by atoms with E-state index in [2.05, 4.69) is 52.8 Å². The molecular weight excluding hydrogens is 390 g/mol. The third-order valence-electron chi connectivity index (χ3n) is 6.31. The quantitative estimate of drug-likeness (QED) is 0.428. The van der Waals surface area contributed by atoms with Gasteiger partial charge in [-0.15, -0.1) is 11.8 Å². The number of hydrogen-bond acceptors (Lipinski definition) is 6. The Morgan fingerprint density at radius 2 is 2.27 bits per heavy atom. The molecule has 6 heteroatoms. The second-order valence-corrected chi connectivity index (χ2v) is 9.99. The molecule has 164 valence electrons. The molecule has 2 heterocycles. The first kappa shape index (κ1) is 21.7. The Kier molecular flexibility index (Phi) is 7.74. The first-order valence-corrected chi connectivity index (χ1v) is 12.6. The Morgan fingerprint density at radius 3 is 3.10 bits per heavy atom. The largest absolute Gasteiger partial charge is 0.367 e. The highest BCUT2D eigenvalue weighted by Crippen LogP contribution is 2.36. The number of thioether (sulfide) groups is 1. The predicted octanol–water partition coefficient (Wildman–Crippen LogP) is 4.21. The summed E-state index contributed by atoms with van der Waals surface area (Å²) in [5.74, 6) is 2.05. The molecule has 1 aliphatic carbocycles. The molecule has 0 radical (unpaired) electrons. The number of unbranched alkanes of at least 4 members (excludes halogenated alkanes) is 1. The molecule has 0 fully saturated rings. The first-order chi connectivity index (χ1) is 14.7. The van der Waals surface area contributed by atoms with E-state index in [0.29, 0.717) is 0 Å². The predicted molar refractivity (Wildman–Crippen MR) is 129 cm³/mol. The molecule has 3 aliphatic rings. The second kappa shape index (κ2) is 10.7. The summed E-state index contributed by atoms with van der Waals surface area (Å²) in [5, 5.41) is 7.24. The van der Waals surface area contributed by atoms with Crippen molar-refractivity contribution in [1.29, 1.82) is 0 Å². The molecule has 0 saturated heterocycles. The standard InChI is InChI=1S/C24H37N5S/c1-2-3-12-27-24-23(25)30-21-11-10-19(15-20(21)28-24)16-22-26-13-7-14-29(22)17-18-8-5-4-6-9-18/h4-5,10-11,15,18,23-24,27-28H,2-3,6-9,12-14,16-17,25H2,1H3. The SMILES string of the molecule is CCCCNC1Nc2cc(CC3=NCCCN3CC3CC=CCC3)ccc2SC1N. The van der Waals surface area contributed by atoms with Crippen molar-refractivity contribution in [3.8, 4) is 0 Å². The Morgan fingerprint density at radius 1 is 1.33 bits per heavy atom. The van der Waals surface area contributed by atoms with Crippen LogP contribution in [-0.2, 0) is 6.42 Å². The maximum atomic E-state index is 6.38. The van der Waals surface area contributed by atoms with Crippen molar-refractivity contribution in [2.75, 3.05) is 31.5 Å². The summed E-state index contributed by atoms with van der Waals surface area (Å²) in [6.45, 7) is 6.48. The fraction of sp³-hybridized carbons (Fsp3) is 0.625. The normalized spacial score (nSPS) is 26.1. The lowest BCUT2D eigenvalue weighted by atomic mass is 9.93. The van der Waals surface area contributed by atoms with Gasteiger partial charge >= 0.3 is 0 Å². The molecule has 0 amide bonds. The van der Waals surface area contributed by atoms with Crippen molar-refractivity contribution < 1.29 is 0 Å². The van der Waals surface area contributed by atoms with Gasteiger partial charge in [-0.1, -0.05) is 31.6 Å². The molecule has 1 aromatic carbocycles. The van der Waals surface area contributed by atoms with Gasteiger partial charge in [0.15, 0.2) is 0 Å². The number of benzene rings is 1. The van der Waals surface area contributed by atoms with E-state index >= 15 is 0 Å². The summed E-state index contributed by atoms with van der Waals surface area (Å²) < 4.78 is 0. The summed E-state index contributed by atoms with van der Waals surface area (Å²) in [4.78, 5) is 8.73. The number of anilines is 1. The van der Waals surface area contributed by atoms with Gasteiger partial charge in [0.05, 0.1) is 5.37 Å².